The minimum Gasteiger partial charge on any atom is -0.481 e. The number of hydrogen-bond acceptors (Lipinski definition) is 2. The maximum absolute atomic E-state index is 10.8. The van der Waals surface area contributed by atoms with Gasteiger partial charge in [-0.3, -0.25) is 9.78 Å². The Labute approximate surface area is 81.4 Å². The first kappa shape index (κ1) is 9.99. The maximum atomic E-state index is 10.8. The van der Waals surface area contributed by atoms with Gasteiger partial charge in [-0.05, 0) is 26.0 Å². The van der Waals surface area contributed by atoms with E-state index in [2.05, 4.69) is 4.98 Å². The van der Waals surface area contributed by atoms with Crippen molar-refractivity contribution in [2.75, 3.05) is 0 Å². The topological polar surface area (TPSA) is 50.2 Å². The van der Waals surface area contributed by atoms with Crippen LogP contribution in [0.15, 0.2) is 18.3 Å². The number of halogens is 1. The fourth-order valence-corrected chi connectivity index (χ4v) is 0.967. The predicted octanol–water partition coefficient (Wildman–Crippen LogP) is 2.10. The van der Waals surface area contributed by atoms with E-state index in [1.54, 1.807) is 26.0 Å². The molecule has 1 N–H and O–H groups in total. The first-order chi connectivity index (χ1) is 5.94. The number of nitrogens with zero attached hydrogens (tertiary/aromatic N) is 1. The number of aromatic nitrogens is 1. The Kier molecular flexibility index (Phi) is 2.57. The van der Waals surface area contributed by atoms with E-state index in [0.29, 0.717) is 10.7 Å². The lowest BCUT2D eigenvalue weighted by Crippen LogP contribution is -2.29. The van der Waals surface area contributed by atoms with Crippen molar-refractivity contribution < 1.29 is 9.90 Å². The molecule has 13 heavy (non-hydrogen) atoms. The Morgan fingerprint density at radius 1 is 1.54 bits per heavy atom. The van der Waals surface area contributed by atoms with Gasteiger partial charge in [0.2, 0.25) is 0 Å². The fourth-order valence-electron chi connectivity index (χ4n) is 0.855. The minimum absolute atomic E-state index is 0.504. The van der Waals surface area contributed by atoms with Gasteiger partial charge in [-0.1, -0.05) is 11.6 Å². The summed E-state index contributed by atoms with van der Waals surface area (Å²) in [6, 6.07) is 3.25. The summed E-state index contributed by atoms with van der Waals surface area (Å²) in [5.74, 6) is -0.901. The molecule has 0 saturated carbocycles. The molecular weight excluding hydrogens is 190 g/mol. The highest BCUT2D eigenvalue weighted by Gasteiger charge is 2.30. The molecule has 3 nitrogen and oxygen atoms in total. The highest BCUT2D eigenvalue weighted by Crippen LogP contribution is 2.22. The van der Waals surface area contributed by atoms with Crippen molar-refractivity contribution in [2.45, 2.75) is 19.3 Å². The zero-order valence-electron chi connectivity index (χ0n) is 7.41. The Bertz CT molecular complexity index is 319. The Hall–Kier alpha value is -1.09. The van der Waals surface area contributed by atoms with Crippen molar-refractivity contribution in [3.63, 3.8) is 0 Å². The molecule has 70 valence electrons. The van der Waals surface area contributed by atoms with E-state index in [0.717, 1.165) is 0 Å². The average molecular weight is 200 g/mol. The molecule has 0 unspecified atom stereocenters. The predicted molar refractivity (Wildman–Crippen MR) is 49.9 cm³/mol. The van der Waals surface area contributed by atoms with Gasteiger partial charge in [-0.15, -0.1) is 0 Å². The third-order valence-electron chi connectivity index (χ3n) is 1.90. The van der Waals surface area contributed by atoms with E-state index in [1.807, 2.05) is 0 Å². The molecule has 0 bridgehead atoms. The van der Waals surface area contributed by atoms with Crippen LogP contribution in [0.1, 0.15) is 19.5 Å². The van der Waals surface area contributed by atoms with E-state index in [9.17, 15) is 4.79 Å². The molecule has 1 aromatic heterocycles. The molecule has 0 aliphatic heterocycles. The smallest absolute Gasteiger partial charge is 0.315 e. The molecule has 0 aromatic carbocycles. The first-order valence-electron chi connectivity index (χ1n) is 3.80. The number of carboxylic acids is 1. The highest BCUT2D eigenvalue weighted by atomic mass is 35.5. The summed E-state index contributed by atoms with van der Waals surface area (Å²) in [5, 5.41) is 9.40. The standard InChI is InChI=1S/C9H10ClNO2/c1-9(2,8(12)13)7-4-3-6(10)5-11-7/h3-5H,1-2H3,(H,12,13). The van der Waals surface area contributed by atoms with Crippen LogP contribution in [0, 0.1) is 0 Å². The second kappa shape index (κ2) is 3.34. The third kappa shape index (κ3) is 1.98. The average Bonchev–Trinajstić information content (AvgIpc) is 2.04. The largest absolute Gasteiger partial charge is 0.481 e. The quantitative estimate of drug-likeness (QED) is 0.794. The van der Waals surface area contributed by atoms with Crippen molar-refractivity contribution >= 4 is 17.6 Å². The summed E-state index contributed by atoms with van der Waals surface area (Å²) in [6.07, 6.45) is 1.45. The van der Waals surface area contributed by atoms with Gasteiger partial charge in [0, 0.05) is 6.20 Å². The van der Waals surface area contributed by atoms with Crippen LogP contribution in [0.25, 0.3) is 0 Å². The number of aliphatic carboxylic acids is 1. The maximum Gasteiger partial charge on any atom is 0.315 e. The van der Waals surface area contributed by atoms with Gasteiger partial charge in [0.05, 0.1) is 10.7 Å². The SMILES string of the molecule is CC(C)(C(=O)O)c1ccc(Cl)cn1. The normalized spacial score (nSPS) is 11.3. The summed E-state index contributed by atoms with van der Waals surface area (Å²) in [7, 11) is 0. The van der Waals surface area contributed by atoms with Gasteiger partial charge in [-0.25, -0.2) is 0 Å². The van der Waals surface area contributed by atoms with Crippen LogP contribution in [-0.2, 0) is 10.2 Å². The Balaban J connectivity index is 3.08. The first-order valence-corrected chi connectivity index (χ1v) is 4.18. The van der Waals surface area contributed by atoms with Crippen molar-refractivity contribution in [1.82, 2.24) is 4.98 Å². The number of carboxylic acid groups (broad SMARTS) is 1. The summed E-state index contributed by atoms with van der Waals surface area (Å²) in [5.41, 5.74) is -0.464. The second-order valence-corrected chi connectivity index (χ2v) is 3.73. The summed E-state index contributed by atoms with van der Waals surface area (Å²) in [4.78, 5) is 14.8. The molecule has 0 aliphatic rings. The molecule has 0 aliphatic carbocycles. The molecule has 1 aromatic rings. The van der Waals surface area contributed by atoms with Gasteiger partial charge in [0.25, 0.3) is 0 Å². The number of hydrogen-bond donors (Lipinski definition) is 1. The molecule has 0 atom stereocenters. The van der Waals surface area contributed by atoms with Crippen LogP contribution in [0.5, 0.6) is 0 Å². The van der Waals surface area contributed by atoms with Crippen LogP contribution >= 0.6 is 11.6 Å². The lowest BCUT2D eigenvalue weighted by Gasteiger charge is -2.17. The van der Waals surface area contributed by atoms with Crippen molar-refractivity contribution in [2.24, 2.45) is 0 Å². The molecular formula is C9H10ClNO2. The Morgan fingerprint density at radius 3 is 2.54 bits per heavy atom. The highest BCUT2D eigenvalue weighted by molar-refractivity contribution is 6.30. The summed E-state index contributed by atoms with van der Waals surface area (Å²) in [6.45, 7) is 3.21. The zero-order valence-corrected chi connectivity index (χ0v) is 8.17. The van der Waals surface area contributed by atoms with E-state index in [4.69, 9.17) is 16.7 Å². The second-order valence-electron chi connectivity index (χ2n) is 3.29. The molecule has 0 fully saturated rings. The van der Waals surface area contributed by atoms with E-state index in [-0.39, 0.29) is 0 Å². The monoisotopic (exact) mass is 199 g/mol. The number of rotatable bonds is 2. The van der Waals surface area contributed by atoms with Crippen LogP contribution in [-0.4, -0.2) is 16.1 Å². The molecule has 1 rings (SSSR count). The van der Waals surface area contributed by atoms with Crippen LogP contribution < -0.4 is 0 Å². The fraction of sp³-hybridized carbons (Fsp3) is 0.333. The molecule has 0 spiro atoms. The van der Waals surface area contributed by atoms with E-state index >= 15 is 0 Å². The van der Waals surface area contributed by atoms with E-state index < -0.39 is 11.4 Å². The van der Waals surface area contributed by atoms with Gasteiger partial charge in [-0.2, -0.15) is 0 Å². The van der Waals surface area contributed by atoms with Gasteiger partial charge < -0.3 is 5.11 Å². The van der Waals surface area contributed by atoms with Crippen LogP contribution in [0.4, 0.5) is 0 Å². The van der Waals surface area contributed by atoms with Crippen molar-refractivity contribution in [1.29, 1.82) is 0 Å². The van der Waals surface area contributed by atoms with E-state index in [1.165, 1.54) is 6.20 Å². The lowest BCUT2D eigenvalue weighted by atomic mass is 9.89. The van der Waals surface area contributed by atoms with Gasteiger partial charge in [0.15, 0.2) is 0 Å². The van der Waals surface area contributed by atoms with Gasteiger partial charge in [0.1, 0.15) is 5.41 Å². The van der Waals surface area contributed by atoms with Crippen LogP contribution in [0.2, 0.25) is 5.02 Å². The molecule has 1 heterocycles. The summed E-state index contributed by atoms with van der Waals surface area (Å²) < 4.78 is 0. The number of carbonyl (C=O) groups is 1. The zero-order chi connectivity index (χ0) is 10.1. The third-order valence-corrected chi connectivity index (χ3v) is 2.13. The molecule has 0 radical (unpaired) electrons. The lowest BCUT2D eigenvalue weighted by molar-refractivity contribution is -0.142. The molecule has 4 heteroatoms. The van der Waals surface area contributed by atoms with Crippen LogP contribution in [0.3, 0.4) is 0 Å². The number of pyridine rings is 1. The molecule has 0 amide bonds. The summed E-state index contributed by atoms with van der Waals surface area (Å²) >= 11 is 5.63. The molecule has 0 saturated heterocycles. The van der Waals surface area contributed by atoms with Gasteiger partial charge >= 0.3 is 5.97 Å². The van der Waals surface area contributed by atoms with Crippen molar-refractivity contribution in [3.05, 3.63) is 29.0 Å². The minimum atomic E-state index is -0.968. The van der Waals surface area contributed by atoms with Crippen molar-refractivity contribution in [3.8, 4) is 0 Å². The Morgan fingerprint density at radius 2 is 2.15 bits per heavy atom.